The lowest BCUT2D eigenvalue weighted by Crippen LogP contribution is -2.35. The molecule has 0 atom stereocenters. The maximum absolute atomic E-state index is 14.5. The quantitative estimate of drug-likeness (QED) is 0.614. The van der Waals surface area contributed by atoms with Crippen LogP contribution >= 0.6 is 15.9 Å². The van der Waals surface area contributed by atoms with Crippen LogP contribution in [-0.2, 0) is 10.8 Å². The van der Waals surface area contributed by atoms with Crippen molar-refractivity contribution in [1.82, 2.24) is 0 Å². The fraction of sp³-hybridized carbons (Fsp3) is 0.600. The smallest absolute Gasteiger partial charge is 0.141 e. The first-order chi connectivity index (χ1) is 7.67. The Bertz CT molecular complexity index is 472. The van der Waals surface area contributed by atoms with Crippen molar-refractivity contribution in [2.24, 2.45) is 0 Å². The van der Waals surface area contributed by atoms with Gasteiger partial charge in [-0.2, -0.15) is 0 Å². The van der Waals surface area contributed by atoms with E-state index in [4.69, 9.17) is 0 Å². The summed E-state index contributed by atoms with van der Waals surface area (Å²) in [5.74, 6) is -0.0576. The molecule has 2 heteroatoms. The van der Waals surface area contributed by atoms with Gasteiger partial charge >= 0.3 is 0 Å². The molecule has 0 nitrogen and oxygen atoms in total. The number of benzene rings is 1. The van der Waals surface area contributed by atoms with Crippen LogP contribution in [0.15, 0.2) is 10.5 Å². The lowest BCUT2D eigenvalue weighted by Gasteiger charge is -2.42. The highest BCUT2D eigenvalue weighted by Gasteiger charge is 2.39. The molecule has 0 N–H and O–H groups in total. The fourth-order valence-electron chi connectivity index (χ4n) is 2.83. The minimum Gasteiger partial charge on any atom is -0.205 e. The van der Waals surface area contributed by atoms with Crippen LogP contribution in [0.5, 0.6) is 0 Å². The van der Waals surface area contributed by atoms with Gasteiger partial charge in [0.1, 0.15) is 5.82 Å². The number of fused-ring (bicyclic) bond motifs is 1. The van der Waals surface area contributed by atoms with Gasteiger partial charge in [-0.3, -0.25) is 0 Å². The lowest BCUT2D eigenvalue weighted by atomic mass is 9.63. The van der Waals surface area contributed by atoms with Crippen LogP contribution in [0.2, 0.25) is 0 Å². The van der Waals surface area contributed by atoms with E-state index in [1.807, 2.05) is 6.92 Å². The first-order valence-corrected chi connectivity index (χ1v) is 6.96. The minimum atomic E-state index is -0.0643. The van der Waals surface area contributed by atoms with Crippen molar-refractivity contribution < 1.29 is 4.39 Å². The Kier molecular flexibility index (Phi) is 2.93. The summed E-state index contributed by atoms with van der Waals surface area (Å²) < 4.78 is 15.2. The van der Waals surface area contributed by atoms with E-state index in [2.05, 4.69) is 49.7 Å². The van der Waals surface area contributed by atoms with Crippen molar-refractivity contribution in [3.8, 4) is 0 Å². The molecule has 0 bridgehead atoms. The van der Waals surface area contributed by atoms with Gasteiger partial charge in [0.15, 0.2) is 0 Å². The summed E-state index contributed by atoms with van der Waals surface area (Å²) in [6.07, 6.45) is 2.16. The summed E-state index contributed by atoms with van der Waals surface area (Å²) in [6.45, 7) is 10.7. The second-order valence-corrected chi connectivity index (χ2v) is 7.30. The predicted octanol–water partition coefficient (Wildman–Crippen LogP) is 5.25. The van der Waals surface area contributed by atoms with Crippen molar-refractivity contribution in [3.05, 3.63) is 33.0 Å². The van der Waals surface area contributed by atoms with Crippen molar-refractivity contribution >= 4 is 15.9 Å². The summed E-state index contributed by atoms with van der Waals surface area (Å²) in [4.78, 5) is 0. The minimum absolute atomic E-state index is 0.0576. The Morgan fingerprint density at radius 3 is 2.24 bits per heavy atom. The zero-order valence-corrected chi connectivity index (χ0v) is 12.8. The summed E-state index contributed by atoms with van der Waals surface area (Å²) >= 11 is 3.37. The van der Waals surface area contributed by atoms with Crippen LogP contribution in [0.1, 0.15) is 57.2 Å². The van der Waals surface area contributed by atoms with Crippen molar-refractivity contribution in [2.75, 3.05) is 0 Å². The van der Waals surface area contributed by atoms with Crippen LogP contribution in [0, 0.1) is 12.7 Å². The maximum Gasteiger partial charge on any atom is 0.141 e. The average molecular weight is 299 g/mol. The molecule has 1 aliphatic rings. The third kappa shape index (κ3) is 1.95. The number of rotatable bonds is 0. The summed E-state index contributed by atoms with van der Waals surface area (Å²) in [6, 6.07) is 2.16. The van der Waals surface area contributed by atoms with Crippen LogP contribution in [0.4, 0.5) is 4.39 Å². The monoisotopic (exact) mass is 298 g/mol. The first kappa shape index (κ1) is 13.1. The van der Waals surface area contributed by atoms with Crippen LogP contribution < -0.4 is 0 Å². The molecule has 0 unspecified atom stereocenters. The van der Waals surface area contributed by atoms with E-state index >= 15 is 0 Å². The largest absolute Gasteiger partial charge is 0.205 e. The molecule has 0 amide bonds. The fourth-order valence-corrected chi connectivity index (χ4v) is 3.15. The van der Waals surface area contributed by atoms with Gasteiger partial charge in [0.2, 0.25) is 0 Å². The van der Waals surface area contributed by atoms with Gasteiger partial charge in [-0.1, -0.05) is 33.8 Å². The number of halogens is 2. The van der Waals surface area contributed by atoms with Gasteiger partial charge in [0, 0.05) is 0 Å². The molecule has 0 aromatic heterocycles. The van der Waals surface area contributed by atoms with E-state index in [1.165, 1.54) is 5.56 Å². The Hall–Kier alpha value is -0.370. The van der Waals surface area contributed by atoms with E-state index < -0.39 is 0 Å². The molecule has 0 radical (unpaired) electrons. The molecule has 0 aliphatic heterocycles. The second-order valence-electron chi connectivity index (χ2n) is 6.51. The molecule has 0 heterocycles. The topological polar surface area (TPSA) is 0 Å². The Labute approximate surface area is 112 Å². The molecule has 0 spiro atoms. The molecule has 0 saturated carbocycles. The number of aryl methyl sites for hydroxylation is 1. The lowest BCUT2D eigenvalue weighted by molar-refractivity contribution is 0.319. The summed E-state index contributed by atoms with van der Waals surface area (Å²) in [5.41, 5.74) is 3.10. The SMILES string of the molecule is Cc1cc2c(c(F)c1Br)C(C)(C)CCC2(C)C. The molecule has 17 heavy (non-hydrogen) atoms. The Balaban J connectivity index is 2.81. The van der Waals surface area contributed by atoms with Gasteiger partial charge in [0.25, 0.3) is 0 Å². The normalized spacial score (nSPS) is 21.1. The molecule has 1 aromatic rings. The summed E-state index contributed by atoms with van der Waals surface area (Å²) in [5, 5.41) is 0. The third-order valence-corrected chi connectivity index (χ3v) is 5.14. The average Bonchev–Trinajstić information content (AvgIpc) is 2.21. The van der Waals surface area contributed by atoms with Crippen LogP contribution in [-0.4, -0.2) is 0 Å². The maximum atomic E-state index is 14.5. The van der Waals surface area contributed by atoms with Gasteiger partial charge in [0.05, 0.1) is 4.47 Å². The molecule has 1 aromatic carbocycles. The second kappa shape index (κ2) is 3.81. The summed E-state index contributed by atoms with van der Waals surface area (Å²) in [7, 11) is 0. The first-order valence-electron chi connectivity index (χ1n) is 6.16. The van der Waals surface area contributed by atoms with Gasteiger partial charge in [-0.15, -0.1) is 0 Å². The van der Waals surface area contributed by atoms with E-state index in [1.54, 1.807) is 0 Å². The molecule has 94 valence electrons. The standard InChI is InChI=1S/C15H20BrF/c1-9-8-10-11(13(17)12(9)16)15(4,5)7-6-14(10,2)3/h8H,6-7H2,1-5H3. The third-order valence-electron chi connectivity index (χ3n) is 4.17. The van der Waals surface area contributed by atoms with Crippen LogP contribution in [0.25, 0.3) is 0 Å². The zero-order valence-electron chi connectivity index (χ0n) is 11.2. The van der Waals surface area contributed by atoms with Crippen LogP contribution in [0.3, 0.4) is 0 Å². The molecule has 0 fully saturated rings. The zero-order chi connectivity index (χ0) is 13.0. The molecule has 0 saturated heterocycles. The predicted molar refractivity (Wildman–Crippen MR) is 74.1 cm³/mol. The van der Waals surface area contributed by atoms with Gasteiger partial charge in [-0.05, 0) is 63.2 Å². The van der Waals surface area contributed by atoms with Crippen molar-refractivity contribution in [3.63, 3.8) is 0 Å². The molecule has 1 aliphatic carbocycles. The highest BCUT2D eigenvalue weighted by atomic mass is 79.9. The molecule has 2 rings (SSSR count). The van der Waals surface area contributed by atoms with E-state index in [-0.39, 0.29) is 16.6 Å². The van der Waals surface area contributed by atoms with Gasteiger partial charge < -0.3 is 0 Å². The van der Waals surface area contributed by atoms with Gasteiger partial charge in [-0.25, -0.2) is 4.39 Å². The van der Waals surface area contributed by atoms with E-state index in [9.17, 15) is 4.39 Å². The van der Waals surface area contributed by atoms with Crippen molar-refractivity contribution in [1.29, 1.82) is 0 Å². The van der Waals surface area contributed by atoms with E-state index in [0.29, 0.717) is 4.47 Å². The van der Waals surface area contributed by atoms with E-state index in [0.717, 1.165) is 24.0 Å². The highest BCUT2D eigenvalue weighted by molar-refractivity contribution is 9.10. The Morgan fingerprint density at radius 2 is 1.65 bits per heavy atom. The molecular weight excluding hydrogens is 279 g/mol. The highest BCUT2D eigenvalue weighted by Crippen LogP contribution is 2.48. The Morgan fingerprint density at radius 1 is 1.12 bits per heavy atom. The van der Waals surface area contributed by atoms with Crippen molar-refractivity contribution in [2.45, 2.75) is 58.3 Å². The molecular formula is C15H20BrF. The number of hydrogen-bond acceptors (Lipinski definition) is 0. The number of hydrogen-bond donors (Lipinski definition) is 0.